The molecule has 3 N–H and O–H groups in total. The van der Waals surface area contributed by atoms with Crippen molar-refractivity contribution in [1.29, 1.82) is 0 Å². The zero-order valence-corrected chi connectivity index (χ0v) is 17.2. The van der Waals surface area contributed by atoms with Gasteiger partial charge in [0.1, 0.15) is 0 Å². The van der Waals surface area contributed by atoms with E-state index in [1.807, 2.05) is 29.2 Å². The molecule has 2 fully saturated rings. The maximum Gasteiger partial charge on any atom is 0.290 e. The molecule has 1 aromatic carbocycles. The van der Waals surface area contributed by atoms with E-state index in [1.54, 1.807) is 12.3 Å². The van der Waals surface area contributed by atoms with E-state index >= 15 is 0 Å². The van der Waals surface area contributed by atoms with Crippen LogP contribution in [0.1, 0.15) is 24.4 Å². The molecule has 1 amide bonds. The number of carboxylic acid groups (broad SMARTS) is 1. The van der Waals surface area contributed by atoms with Crippen molar-refractivity contribution in [2.24, 2.45) is 5.92 Å². The first kappa shape index (κ1) is 21.2. The molecule has 29 heavy (non-hydrogen) atoms. The minimum atomic E-state index is -0.250. The molecule has 1 aliphatic heterocycles. The maximum atomic E-state index is 12.6. The van der Waals surface area contributed by atoms with E-state index in [4.69, 9.17) is 38.8 Å². The lowest BCUT2D eigenvalue weighted by atomic mass is 10.0. The highest BCUT2D eigenvalue weighted by Gasteiger charge is 2.38. The van der Waals surface area contributed by atoms with Crippen molar-refractivity contribution in [3.63, 3.8) is 0 Å². The van der Waals surface area contributed by atoms with Crippen molar-refractivity contribution in [2.45, 2.75) is 18.9 Å². The van der Waals surface area contributed by atoms with Gasteiger partial charge >= 0.3 is 0 Å². The van der Waals surface area contributed by atoms with Crippen LogP contribution in [-0.4, -0.2) is 47.0 Å². The van der Waals surface area contributed by atoms with Crippen LogP contribution in [0.3, 0.4) is 0 Å². The summed E-state index contributed by atoms with van der Waals surface area (Å²) in [5.41, 5.74) is 7.80. The van der Waals surface area contributed by atoms with Gasteiger partial charge in [-0.25, -0.2) is 4.98 Å². The summed E-state index contributed by atoms with van der Waals surface area (Å²) in [6, 6.07) is 9.42. The van der Waals surface area contributed by atoms with E-state index in [9.17, 15) is 4.79 Å². The summed E-state index contributed by atoms with van der Waals surface area (Å²) in [5.74, 6) is 1.18. The molecule has 4 rings (SSSR count). The number of hydrogen-bond donors (Lipinski definition) is 2. The van der Waals surface area contributed by atoms with E-state index in [-0.39, 0.29) is 24.3 Å². The Kier molecular flexibility index (Phi) is 6.82. The van der Waals surface area contributed by atoms with E-state index in [0.29, 0.717) is 41.2 Å². The molecule has 2 aliphatic rings. The Morgan fingerprint density at radius 2 is 1.83 bits per heavy atom. The topological polar surface area (TPSA) is 99.8 Å². The van der Waals surface area contributed by atoms with Crippen molar-refractivity contribution in [3.05, 3.63) is 52.1 Å². The number of nitrogens with zero attached hydrogens (tertiary/aromatic N) is 3. The lowest BCUT2D eigenvalue weighted by Crippen LogP contribution is -2.51. The van der Waals surface area contributed by atoms with Gasteiger partial charge in [0, 0.05) is 36.8 Å². The summed E-state index contributed by atoms with van der Waals surface area (Å²) in [7, 11) is 0. The zero-order valence-electron chi connectivity index (χ0n) is 15.7. The zero-order chi connectivity index (χ0) is 21.0. The quantitative estimate of drug-likeness (QED) is 0.714. The molecule has 2 aromatic rings. The molecule has 0 radical (unpaired) electrons. The van der Waals surface area contributed by atoms with Crippen molar-refractivity contribution < 1.29 is 14.7 Å². The van der Waals surface area contributed by atoms with Gasteiger partial charge in [0.25, 0.3) is 6.47 Å². The standard InChI is InChI=1S/C19H20Cl2N4O.CH2O2/c20-14-5-3-12(4-6-14)17-11-24(19(26)13-1-2-13)7-8-25(17)18-16(22)9-15(21)10-23-18;2-1-3/h3-6,9-10,13,17H,1-2,7-8,11,22H2;1H,(H,2,3). The van der Waals surface area contributed by atoms with Gasteiger partial charge in [-0.2, -0.15) is 0 Å². The van der Waals surface area contributed by atoms with Crippen molar-refractivity contribution in [3.8, 4) is 0 Å². The predicted octanol–water partition coefficient (Wildman–Crippen LogP) is 3.47. The van der Waals surface area contributed by atoms with Crippen LogP contribution in [0.2, 0.25) is 10.0 Å². The monoisotopic (exact) mass is 436 g/mol. The number of benzene rings is 1. The van der Waals surface area contributed by atoms with Crippen LogP contribution < -0.4 is 10.6 Å². The van der Waals surface area contributed by atoms with Gasteiger partial charge in [-0.1, -0.05) is 35.3 Å². The number of pyridine rings is 1. The number of halogens is 2. The minimum Gasteiger partial charge on any atom is -0.483 e. The Balaban J connectivity index is 0.000000755. The second-order valence-corrected chi connectivity index (χ2v) is 7.86. The molecule has 1 atom stereocenters. The Morgan fingerprint density at radius 1 is 1.17 bits per heavy atom. The number of nitrogens with two attached hydrogens (primary N) is 1. The number of hydrogen-bond acceptors (Lipinski definition) is 5. The fourth-order valence-electron chi connectivity index (χ4n) is 3.48. The molecule has 0 bridgehead atoms. The van der Waals surface area contributed by atoms with Gasteiger partial charge < -0.3 is 20.6 Å². The third-order valence-electron chi connectivity index (χ3n) is 5.01. The lowest BCUT2D eigenvalue weighted by Gasteiger charge is -2.43. The second kappa shape index (κ2) is 9.33. The third kappa shape index (κ3) is 5.10. The lowest BCUT2D eigenvalue weighted by molar-refractivity contribution is -0.133. The average Bonchev–Trinajstić information content (AvgIpc) is 3.54. The van der Waals surface area contributed by atoms with Gasteiger partial charge in [0.2, 0.25) is 5.91 Å². The van der Waals surface area contributed by atoms with Crippen LogP contribution in [-0.2, 0) is 9.59 Å². The number of carbonyl (C=O) groups is 2. The summed E-state index contributed by atoms with van der Waals surface area (Å²) in [4.78, 5) is 29.5. The molecule has 154 valence electrons. The number of nitrogen functional groups attached to an aromatic ring is 1. The summed E-state index contributed by atoms with van der Waals surface area (Å²) >= 11 is 12.1. The smallest absolute Gasteiger partial charge is 0.290 e. The molecule has 7 nitrogen and oxygen atoms in total. The Morgan fingerprint density at radius 3 is 2.41 bits per heavy atom. The molecule has 1 saturated carbocycles. The SMILES string of the molecule is Nc1cc(Cl)cnc1N1CCN(C(=O)C2CC2)CC1c1ccc(Cl)cc1.O=CO. The van der Waals surface area contributed by atoms with Crippen LogP contribution >= 0.6 is 23.2 Å². The van der Waals surface area contributed by atoms with Crippen LogP contribution in [0, 0.1) is 5.92 Å². The molecule has 9 heteroatoms. The Hall–Kier alpha value is -2.51. The van der Waals surface area contributed by atoms with Crippen LogP contribution in [0.25, 0.3) is 0 Å². The molecular weight excluding hydrogens is 415 g/mol. The number of piperazine rings is 1. The highest BCUT2D eigenvalue weighted by Crippen LogP contribution is 2.37. The minimum absolute atomic E-state index is 0.0281. The second-order valence-electron chi connectivity index (χ2n) is 6.99. The summed E-state index contributed by atoms with van der Waals surface area (Å²) in [5, 5.41) is 8.09. The Labute approximate surface area is 179 Å². The van der Waals surface area contributed by atoms with Gasteiger partial charge in [-0.3, -0.25) is 9.59 Å². The van der Waals surface area contributed by atoms with E-state index < -0.39 is 0 Å². The third-order valence-corrected chi connectivity index (χ3v) is 5.47. The van der Waals surface area contributed by atoms with E-state index in [0.717, 1.165) is 18.4 Å². The fourth-order valence-corrected chi connectivity index (χ4v) is 3.78. The first-order chi connectivity index (χ1) is 13.9. The van der Waals surface area contributed by atoms with Crippen LogP contribution in [0.4, 0.5) is 11.5 Å². The largest absolute Gasteiger partial charge is 0.483 e. The molecule has 2 heterocycles. The number of anilines is 2. The van der Waals surface area contributed by atoms with E-state index in [2.05, 4.69) is 9.88 Å². The van der Waals surface area contributed by atoms with Crippen molar-refractivity contribution in [2.75, 3.05) is 30.3 Å². The summed E-state index contributed by atoms with van der Waals surface area (Å²) in [6.07, 6.45) is 3.63. The first-order valence-corrected chi connectivity index (χ1v) is 10.00. The first-order valence-electron chi connectivity index (χ1n) is 9.24. The van der Waals surface area contributed by atoms with Crippen LogP contribution in [0.5, 0.6) is 0 Å². The number of carbonyl (C=O) groups excluding carboxylic acids is 1. The molecule has 1 unspecified atom stereocenters. The summed E-state index contributed by atoms with van der Waals surface area (Å²) in [6.45, 7) is 1.70. The molecular formula is C20H22Cl2N4O3. The molecule has 1 saturated heterocycles. The highest BCUT2D eigenvalue weighted by atomic mass is 35.5. The number of aromatic nitrogens is 1. The number of rotatable bonds is 3. The average molecular weight is 437 g/mol. The van der Waals surface area contributed by atoms with Crippen LogP contribution in [0.15, 0.2) is 36.5 Å². The van der Waals surface area contributed by atoms with Crippen molar-refractivity contribution >= 4 is 47.1 Å². The fraction of sp³-hybridized carbons (Fsp3) is 0.350. The van der Waals surface area contributed by atoms with E-state index in [1.165, 1.54) is 0 Å². The molecule has 1 aliphatic carbocycles. The maximum absolute atomic E-state index is 12.6. The molecule has 0 spiro atoms. The highest BCUT2D eigenvalue weighted by molar-refractivity contribution is 6.31. The number of amides is 1. The predicted molar refractivity (Wildman–Crippen MR) is 113 cm³/mol. The summed E-state index contributed by atoms with van der Waals surface area (Å²) < 4.78 is 0. The Bertz CT molecular complexity index is 875. The molecule has 1 aromatic heterocycles. The van der Waals surface area contributed by atoms with Gasteiger partial charge in [0.05, 0.1) is 16.8 Å². The van der Waals surface area contributed by atoms with Gasteiger partial charge in [-0.15, -0.1) is 0 Å². The van der Waals surface area contributed by atoms with Crippen molar-refractivity contribution in [1.82, 2.24) is 9.88 Å². The van der Waals surface area contributed by atoms with Gasteiger partial charge in [0.15, 0.2) is 5.82 Å². The normalized spacial score (nSPS) is 18.6. The van der Waals surface area contributed by atoms with Gasteiger partial charge in [-0.05, 0) is 36.6 Å².